The number of imidazole rings is 1. The van der Waals surface area contributed by atoms with Crippen molar-refractivity contribution in [2.45, 2.75) is 10.9 Å². The zero-order valence-corrected chi connectivity index (χ0v) is 13.6. The fraction of sp³-hybridized carbons (Fsp3) is 0.0667. The third-order valence-corrected chi connectivity index (χ3v) is 4.45. The highest BCUT2D eigenvalue weighted by molar-refractivity contribution is 7.98. The van der Waals surface area contributed by atoms with E-state index in [0.29, 0.717) is 38.4 Å². The number of thioether (sulfide) groups is 1. The molecule has 1 aromatic carbocycles. The average Bonchev–Trinajstić information content (AvgIpc) is 2.94. The second kappa shape index (κ2) is 5.88. The Bertz CT molecular complexity index is 1130. The van der Waals surface area contributed by atoms with Crippen LogP contribution in [0.1, 0.15) is 5.82 Å². The molecule has 0 aliphatic carbocycles. The summed E-state index contributed by atoms with van der Waals surface area (Å²) in [5.41, 5.74) is 1.32. The molecule has 9 heteroatoms. The van der Waals surface area contributed by atoms with Crippen molar-refractivity contribution in [2.75, 3.05) is 0 Å². The molecular weight excluding hydrogens is 353 g/mol. The van der Waals surface area contributed by atoms with Crippen molar-refractivity contribution in [3.05, 3.63) is 57.5 Å². The fourth-order valence-corrected chi connectivity index (χ4v) is 3.17. The molecule has 3 aromatic heterocycles. The van der Waals surface area contributed by atoms with E-state index in [-0.39, 0.29) is 5.56 Å². The van der Waals surface area contributed by atoms with Crippen LogP contribution < -0.4 is 5.56 Å². The van der Waals surface area contributed by atoms with Gasteiger partial charge in [-0.05, 0) is 24.3 Å². The van der Waals surface area contributed by atoms with E-state index in [4.69, 9.17) is 11.6 Å². The third kappa shape index (κ3) is 2.85. The Balaban J connectivity index is 1.62. The monoisotopic (exact) mass is 361 g/mol. The molecule has 0 saturated heterocycles. The first-order chi connectivity index (χ1) is 11.6. The third-order valence-electron chi connectivity index (χ3n) is 3.35. The van der Waals surface area contributed by atoms with E-state index >= 15 is 0 Å². The molecule has 0 spiro atoms. The number of aromatic nitrogens is 5. The van der Waals surface area contributed by atoms with Crippen molar-refractivity contribution in [2.24, 2.45) is 0 Å². The van der Waals surface area contributed by atoms with E-state index < -0.39 is 5.82 Å². The topological polar surface area (TPSA) is 87.3 Å². The lowest BCUT2D eigenvalue weighted by molar-refractivity contribution is 0.629. The largest absolute Gasteiger partial charge is 0.332 e. The Hall–Kier alpha value is -2.45. The van der Waals surface area contributed by atoms with E-state index in [9.17, 15) is 9.18 Å². The smallest absolute Gasteiger partial charge is 0.258 e. The summed E-state index contributed by atoms with van der Waals surface area (Å²) in [6.07, 6.45) is 0. The van der Waals surface area contributed by atoms with Gasteiger partial charge < -0.3 is 9.97 Å². The summed E-state index contributed by atoms with van der Waals surface area (Å²) in [7, 11) is 0. The van der Waals surface area contributed by atoms with Gasteiger partial charge in [0.25, 0.3) is 5.56 Å². The number of fused-ring (bicyclic) bond motifs is 2. The highest BCUT2D eigenvalue weighted by Crippen LogP contribution is 2.22. The van der Waals surface area contributed by atoms with Gasteiger partial charge in [0, 0.05) is 6.07 Å². The normalized spacial score (nSPS) is 11.4. The summed E-state index contributed by atoms with van der Waals surface area (Å²) in [5, 5.41) is 1.35. The molecule has 3 heterocycles. The molecule has 0 bridgehead atoms. The van der Waals surface area contributed by atoms with Crippen LogP contribution in [0.4, 0.5) is 4.39 Å². The molecule has 24 heavy (non-hydrogen) atoms. The molecule has 4 rings (SSSR count). The SMILES string of the molecule is O=c1[nH]c(CSc2nc3nc(Cl)ccc3[nH]2)nc2cc(F)ccc12. The number of benzene rings is 1. The first-order valence-corrected chi connectivity index (χ1v) is 8.28. The average molecular weight is 362 g/mol. The van der Waals surface area contributed by atoms with E-state index in [2.05, 4.69) is 24.9 Å². The van der Waals surface area contributed by atoms with Gasteiger partial charge in [0.1, 0.15) is 16.8 Å². The molecule has 2 N–H and O–H groups in total. The van der Waals surface area contributed by atoms with Crippen LogP contribution in [-0.4, -0.2) is 24.9 Å². The second-order valence-corrected chi connectivity index (χ2v) is 6.36. The number of hydrogen-bond donors (Lipinski definition) is 2. The van der Waals surface area contributed by atoms with Gasteiger partial charge in [-0.15, -0.1) is 0 Å². The van der Waals surface area contributed by atoms with Crippen LogP contribution in [0.25, 0.3) is 22.1 Å². The second-order valence-electron chi connectivity index (χ2n) is 5.01. The van der Waals surface area contributed by atoms with Crippen molar-refractivity contribution in [3.63, 3.8) is 0 Å². The molecule has 6 nitrogen and oxygen atoms in total. The Morgan fingerprint density at radius 2 is 2.00 bits per heavy atom. The first kappa shape index (κ1) is 15.1. The maximum atomic E-state index is 13.3. The number of aromatic amines is 2. The van der Waals surface area contributed by atoms with Crippen LogP contribution in [0.15, 0.2) is 40.3 Å². The van der Waals surface area contributed by atoms with Gasteiger partial charge in [-0.1, -0.05) is 23.4 Å². The quantitative estimate of drug-likeness (QED) is 0.432. The van der Waals surface area contributed by atoms with Gasteiger partial charge in [-0.3, -0.25) is 4.79 Å². The number of rotatable bonds is 3. The molecule has 0 radical (unpaired) electrons. The van der Waals surface area contributed by atoms with Crippen LogP contribution in [0.2, 0.25) is 5.15 Å². The molecule has 0 unspecified atom stereocenters. The molecule has 0 saturated carbocycles. The number of nitrogens with one attached hydrogen (secondary N) is 2. The van der Waals surface area contributed by atoms with Crippen molar-refractivity contribution >= 4 is 45.4 Å². The number of nitrogens with zero attached hydrogens (tertiary/aromatic N) is 3. The molecular formula is C15H9ClFN5OS. The van der Waals surface area contributed by atoms with Crippen LogP contribution >= 0.6 is 23.4 Å². The zero-order chi connectivity index (χ0) is 16.7. The number of halogens is 2. The molecule has 4 aromatic rings. The van der Waals surface area contributed by atoms with Crippen LogP contribution in [0.5, 0.6) is 0 Å². The van der Waals surface area contributed by atoms with Gasteiger partial charge >= 0.3 is 0 Å². The lowest BCUT2D eigenvalue weighted by Crippen LogP contribution is -2.11. The molecule has 0 atom stereocenters. The van der Waals surface area contributed by atoms with E-state index in [0.717, 1.165) is 5.52 Å². The predicted octanol–water partition coefficient (Wildman–Crippen LogP) is 3.28. The van der Waals surface area contributed by atoms with Gasteiger partial charge in [-0.2, -0.15) is 0 Å². The van der Waals surface area contributed by atoms with Gasteiger partial charge in [-0.25, -0.2) is 19.3 Å². The van der Waals surface area contributed by atoms with Gasteiger partial charge in [0.05, 0.1) is 22.2 Å². The minimum Gasteiger partial charge on any atom is -0.332 e. The summed E-state index contributed by atoms with van der Waals surface area (Å²) in [6.45, 7) is 0. The summed E-state index contributed by atoms with van der Waals surface area (Å²) < 4.78 is 13.3. The maximum absolute atomic E-state index is 13.3. The van der Waals surface area contributed by atoms with Crippen molar-refractivity contribution in [1.82, 2.24) is 24.9 Å². The van der Waals surface area contributed by atoms with Crippen molar-refractivity contribution in [1.29, 1.82) is 0 Å². The molecule has 0 aliphatic heterocycles. The summed E-state index contributed by atoms with van der Waals surface area (Å²) in [6, 6.07) is 7.36. The highest BCUT2D eigenvalue weighted by Gasteiger charge is 2.09. The zero-order valence-electron chi connectivity index (χ0n) is 12.0. The Kier molecular flexibility index (Phi) is 3.70. The minimum atomic E-state index is -0.431. The highest BCUT2D eigenvalue weighted by atomic mass is 35.5. The van der Waals surface area contributed by atoms with E-state index in [1.807, 2.05) is 0 Å². The van der Waals surface area contributed by atoms with Crippen molar-refractivity contribution in [3.8, 4) is 0 Å². The Morgan fingerprint density at radius 3 is 2.88 bits per heavy atom. The minimum absolute atomic E-state index is 0.298. The summed E-state index contributed by atoms with van der Waals surface area (Å²) >= 11 is 7.18. The standard InChI is InChI=1S/C15H9ClFN5OS/c16-11-4-3-9-13(20-11)22-15(19-9)24-6-12-18-10-5-7(17)1-2-8(10)14(23)21-12/h1-5H,6H2,(H,18,21,23)(H,19,20,22). The molecule has 0 amide bonds. The summed E-state index contributed by atoms with van der Waals surface area (Å²) in [5.74, 6) is 0.379. The number of pyridine rings is 1. The first-order valence-electron chi connectivity index (χ1n) is 6.92. The fourth-order valence-electron chi connectivity index (χ4n) is 2.28. The predicted molar refractivity (Wildman–Crippen MR) is 90.8 cm³/mol. The maximum Gasteiger partial charge on any atom is 0.258 e. The van der Waals surface area contributed by atoms with E-state index in [1.165, 1.54) is 30.0 Å². The lowest BCUT2D eigenvalue weighted by atomic mass is 10.2. The molecule has 0 fully saturated rings. The Labute approximate surface area is 143 Å². The number of hydrogen-bond acceptors (Lipinski definition) is 5. The van der Waals surface area contributed by atoms with Crippen LogP contribution in [0.3, 0.4) is 0 Å². The van der Waals surface area contributed by atoms with Gasteiger partial charge in [0.2, 0.25) is 0 Å². The Morgan fingerprint density at radius 1 is 1.12 bits per heavy atom. The molecule has 120 valence electrons. The lowest BCUT2D eigenvalue weighted by Gasteiger charge is -2.02. The molecule has 0 aliphatic rings. The van der Waals surface area contributed by atoms with Crippen molar-refractivity contribution < 1.29 is 4.39 Å². The van der Waals surface area contributed by atoms with E-state index in [1.54, 1.807) is 12.1 Å². The van der Waals surface area contributed by atoms with Crippen LogP contribution in [0, 0.1) is 5.82 Å². The van der Waals surface area contributed by atoms with Crippen LogP contribution in [-0.2, 0) is 5.75 Å². The summed E-state index contributed by atoms with van der Waals surface area (Å²) in [4.78, 5) is 30.5. The van der Waals surface area contributed by atoms with Gasteiger partial charge in [0.15, 0.2) is 10.8 Å². The number of H-pyrrole nitrogens is 2.